The van der Waals surface area contributed by atoms with Crippen LogP contribution in [0.3, 0.4) is 0 Å². The number of nitrogens with zero attached hydrogens (tertiary/aromatic N) is 2. The van der Waals surface area contributed by atoms with Gasteiger partial charge in [-0.2, -0.15) is 0 Å². The number of aromatic nitrogens is 1. The summed E-state index contributed by atoms with van der Waals surface area (Å²) in [4.78, 5) is 2.27. The van der Waals surface area contributed by atoms with Gasteiger partial charge in [0, 0.05) is 50.4 Å². The molecule has 1 aromatic heterocycles. The minimum Gasteiger partial charge on any atom is -0.390 e. The van der Waals surface area contributed by atoms with E-state index in [4.69, 9.17) is 4.74 Å². The first-order valence-corrected chi connectivity index (χ1v) is 10.1. The topological polar surface area (TPSA) is 37.6 Å². The van der Waals surface area contributed by atoms with Gasteiger partial charge in [0.25, 0.3) is 0 Å². The molecule has 4 rings (SSSR count). The van der Waals surface area contributed by atoms with Gasteiger partial charge in [0.1, 0.15) is 0 Å². The van der Waals surface area contributed by atoms with E-state index >= 15 is 0 Å². The number of fused-ring (bicyclic) bond motifs is 3. The highest BCUT2D eigenvalue weighted by atomic mass is 79.9. The molecule has 25 heavy (non-hydrogen) atoms. The number of aliphatic hydroxyl groups excluding tert-OH is 1. The molecule has 1 atom stereocenters. The van der Waals surface area contributed by atoms with Crippen LogP contribution in [0.25, 0.3) is 21.8 Å². The molecule has 1 saturated heterocycles. The number of ether oxygens (including phenoxy) is 1. The van der Waals surface area contributed by atoms with Crippen molar-refractivity contribution in [3.8, 4) is 0 Å². The van der Waals surface area contributed by atoms with Crippen LogP contribution in [-0.2, 0) is 11.3 Å². The molecule has 4 nitrogen and oxygen atoms in total. The first kappa shape index (κ1) is 17.5. The van der Waals surface area contributed by atoms with E-state index in [2.05, 4.69) is 77.7 Å². The lowest BCUT2D eigenvalue weighted by atomic mass is 10.2. The van der Waals surface area contributed by atoms with E-state index in [1.807, 2.05) is 0 Å². The number of hydrogen-bond acceptors (Lipinski definition) is 3. The van der Waals surface area contributed by atoms with E-state index < -0.39 is 6.10 Å². The largest absolute Gasteiger partial charge is 0.390 e. The number of morpholine rings is 1. The molecule has 6 heteroatoms. The average Bonchev–Trinajstić information content (AvgIpc) is 2.88. The molecule has 1 aliphatic heterocycles. The first-order chi connectivity index (χ1) is 12.1. The van der Waals surface area contributed by atoms with Crippen LogP contribution in [0.5, 0.6) is 0 Å². The molecule has 3 aromatic rings. The standard InChI is InChI=1S/C19H20Br2N2O2/c20-13-1-3-18-16(9-13)17-10-14(21)2-4-19(17)23(18)12-15(24)11-22-5-7-25-8-6-22/h1-4,9-10,15,24H,5-8,11-12H2. The van der Waals surface area contributed by atoms with Crippen molar-refractivity contribution in [1.29, 1.82) is 0 Å². The Bertz CT molecular complexity index is 844. The molecular formula is C19H20Br2N2O2. The molecule has 132 valence electrons. The van der Waals surface area contributed by atoms with Gasteiger partial charge < -0.3 is 14.4 Å². The molecule has 1 fully saturated rings. The fourth-order valence-corrected chi connectivity index (χ4v) is 4.32. The molecule has 1 unspecified atom stereocenters. The summed E-state index contributed by atoms with van der Waals surface area (Å²) in [5.41, 5.74) is 2.30. The maximum Gasteiger partial charge on any atom is 0.0846 e. The second-order valence-corrected chi connectivity index (χ2v) is 8.33. The minimum absolute atomic E-state index is 0.413. The Balaban J connectivity index is 1.69. The number of benzene rings is 2. The Morgan fingerprint density at radius 3 is 2.04 bits per heavy atom. The van der Waals surface area contributed by atoms with Crippen LogP contribution in [0, 0.1) is 0 Å². The van der Waals surface area contributed by atoms with E-state index in [-0.39, 0.29) is 0 Å². The predicted octanol–water partition coefficient (Wildman–Crippen LogP) is 4.01. The quantitative estimate of drug-likeness (QED) is 0.629. The molecule has 1 N–H and O–H groups in total. The van der Waals surface area contributed by atoms with Crippen molar-refractivity contribution in [1.82, 2.24) is 9.47 Å². The number of halogens is 2. The Hall–Kier alpha value is -0.920. The van der Waals surface area contributed by atoms with Gasteiger partial charge in [0.05, 0.1) is 25.9 Å². The number of hydrogen-bond donors (Lipinski definition) is 1. The molecule has 0 spiro atoms. The van der Waals surface area contributed by atoms with E-state index in [1.54, 1.807) is 0 Å². The summed E-state index contributed by atoms with van der Waals surface area (Å²) in [6.45, 7) is 4.56. The zero-order chi connectivity index (χ0) is 17.4. The zero-order valence-corrected chi connectivity index (χ0v) is 17.0. The predicted molar refractivity (Wildman–Crippen MR) is 108 cm³/mol. The molecule has 0 bridgehead atoms. The van der Waals surface area contributed by atoms with E-state index in [9.17, 15) is 5.11 Å². The van der Waals surface area contributed by atoms with E-state index in [0.29, 0.717) is 13.1 Å². The maximum absolute atomic E-state index is 10.7. The van der Waals surface area contributed by atoms with Gasteiger partial charge in [-0.1, -0.05) is 31.9 Å². The molecular weight excluding hydrogens is 448 g/mol. The van der Waals surface area contributed by atoms with Crippen molar-refractivity contribution in [3.05, 3.63) is 45.3 Å². The SMILES string of the molecule is OC(CN1CCOCC1)Cn1c2ccc(Br)cc2c2cc(Br)ccc21. The second kappa shape index (κ2) is 7.37. The molecule has 2 aromatic carbocycles. The minimum atomic E-state index is -0.413. The summed E-state index contributed by atoms with van der Waals surface area (Å²) in [5, 5.41) is 13.1. The highest BCUT2D eigenvalue weighted by Gasteiger charge is 2.18. The lowest BCUT2D eigenvalue weighted by Crippen LogP contribution is -2.42. The van der Waals surface area contributed by atoms with Crippen LogP contribution in [-0.4, -0.2) is 53.5 Å². The van der Waals surface area contributed by atoms with Gasteiger partial charge in [-0.05, 0) is 36.4 Å². The van der Waals surface area contributed by atoms with Crippen molar-refractivity contribution in [2.45, 2.75) is 12.6 Å². The Kier molecular flexibility index (Phi) is 5.15. The van der Waals surface area contributed by atoms with Gasteiger partial charge in [0.2, 0.25) is 0 Å². The fourth-order valence-electron chi connectivity index (χ4n) is 3.60. The van der Waals surface area contributed by atoms with Crippen LogP contribution in [0.15, 0.2) is 45.3 Å². The number of aliphatic hydroxyl groups is 1. The number of rotatable bonds is 4. The summed E-state index contributed by atoms with van der Waals surface area (Å²) in [5.74, 6) is 0. The Morgan fingerprint density at radius 2 is 1.48 bits per heavy atom. The van der Waals surface area contributed by atoms with Crippen LogP contribution in [0.4, 0.5) is 0 Å². The lowest BCUT2D eigenvalue weighted by Gasteiger charge is -2.28. The second-order valence-electron chi connectivity index (χ2n) is 6.50. The first-order valence-electron chi connectivity index (χ1n) is 8.47. The summed E-state index contributed by atoms with van der Waals surface area (Å²) < 4.78 is 9.74. The van der Waals surface area contributed by atoms with Crippen LogP contribution >= 0.6 is 31.9 Å². The average molecular weight is 468 g/mol. The third kappa shape index (κ3) is 3.64. The van der Waals surface area contributed by atoms with E-state index in [1.165, 1.54) is 10.8 Å². The zero-order valence-electron chi connectivity index (χ0n) is 13.8. The molecule has 1 aliphatic rings. The van der Waals surface area contributed by atoms with Crippen LogP contribution in [0.2, 0.25) is 0 Å². The van der Waals surface area contributed by atoms with Crippen molar-refractivity contribution in [2.75, 3.05) is 32.8 Å². The highest BCUT2D eigenvalue weighted by molar-refractivity contribution is 9.10. The van der Waals surface area contributed by atoms with Gasteiger partial charge >= 0.3 is 0 Å². The molecule has 0 amide bonds. The van der Waals surface area contributed by atoms with Gasteiger partial charge in [0.15, 0.2) is 0 Å². The third-order valence-electron chi connectivity index (χ3n) is 4.75. The van der Waals surface area contributed by atoms with Gasteiger partial charge in [-0.25, -0.2) is 0 Å². The van der Waals surface area contributed by atoms with Crippen molar-refractivity contribution in [3.63, 3.8) is 0 Å². The van der Waals surface area contributed by atoms with Crippen molar-refractivity contribution < 1.29 is 9.84 Å². The highest BCUT2D eigenvalue weighted by Crippen LogP contribution is 2.33. The third-order valence-corrected chi connectivity index (χ3v) is 5.74. The molecule has 0 radical (unpaired) electrons. The van der Waals surface area contributed by atoms with Gasteiger partial charge in [-0.15, -0.1) is 0 Å². The van der Waals surface area contributed by atoms with Crippen LogP contribution in [0.1, 0.15) is 0 Å². The molecule has 0 saturated carbocycles. The molecule has 2 heterocycles. The van der Waals surface area contributed by atoms with Crippen molar-refractivity contribution >= 4 is 53.7 Å². The summed E-state index contributed by atoms with van der Waals surface area (Å²) in [6, 6.07) is 12.6. The van der Waals surface area contributed by atoms with E-state index in [0.717, 1.165) is 46.3 Å². The Morgan fingerprint density at radius 1 is 0.920 bits per heavy atom. The summed E-state index contributed by atoms with van der Waals surface area (Å²) in [7, 11) is 0. The van der Waals surface area contributed by atoms with Crippen molar-refractivity contribution in [2.24, 2.45) is 0 Å². The smallest absolute Gasteiger partial charge is 0.0846 e. The Labute approximate surface area is 163 Å². The molecule has 0 aliphatic carbocycles. The summed E-state index contributed by atoms with van der Waals surface area (Å²) >= 11 is 7.15. The monoisotopic (exact) mass is 466 g/mol. The van der Waals surface area contributed by atoms with Crippen LogP contribution < -0.4 is 0 Å². The number of β-amino-alcohol motifs (C(OH)–C–C–N with tert-alkyl or cyclic N) is 1. The lowest BCUT2D eigenvalue weighted by molar-refractivity contribution is 0.0119. The fraction of sp³-hybridized carbons (Fsp3) is 0.368. The normalized spacial score (nSPS) is 17.4. The summed E-state index contributed by atoms with van der Waals surface area (Å²) in [6.07, 6.45) is -0.413. The van der Waals surface area contributed by atoms with Gasteiger partial charge in [-0.3, -0.25) is 4.90 Å². The maximum atomic E-state index is 10.7.